The second-order valence-corrected chi connectivity index (χ2v) is 6.16. The van der Waals surface area contributed by atoms with Crippen molar-refractivity contribution in [3.05, 3.63) is 0 Å². The first kappa shape index (κ1) is 24.9. The van der Waals surface area contributed by atoms with Crippen molar-refractivity contribution < 1.29 is 14.9 Å². The van der Waals surface area contributed by atoms with Crippen molar-refractivity contribution in [1.82, 2.24) is 0 Å². The van der Waals surface area contributed by atoms with Crippen LogP contribution < -0.4 is 0 Å². The Kier molecular flexibility index (Phi) is 24.6. The Labute approximate surface area is 167 Å². The minimum Gasteiger partial charge on any atom is -0.301 e. The van der Waals surface area contributed by atoms with Crippen molar-refractivity contribution >= 4 is 43.7 Å². The number of hydrogen-bond acceptors (Lipinski definition) is 3. The molecule has 0 aliphatic heterocycles. The molecular formula is C18H36CaO3. The molecule has 0 saturated heterocycles. The summed E-state index contributed by atoms with van der Waals surface area (Å²) in [5, 5.41) is 8.10. The van der Waals surface area contributed by atoms with Crippen LogP contribution in [-0.2, 0) is 9.68 Å². The Morgan fingerprint density at radius 2 is 1.00 bits per heavy atom. The predicted octanol–water partition coefficient (Wildman–Crippen LogP) is 5.88. The van der Waals surface area contributed by atoms with Crippen LogP contribution in [-0.4, -0.2) is 49.0 Å². The first-order valence-electron chi connectivity index (χ1n) is 9.15. The second kappa shape index (κ2) is 21.7. The van der Waals surface area contributed by atoms with Gasteiger partial charge in [-0.05, 0) is 6.42 Å². The van der Waals surface area contributed by atoms with Gasteiger partial charge in [0, 0.05) is 44.2 Å². The van der Waals surface area contributed by atoms with Gasteiger partial charge in [-0.1, -0.05) is 96.8 Å². The van der Waals surface area contributed by atoms with Crippen LogP contribution in [0.15, 0.2) is 0 Å². The van der Waals surface area contributed by atoms with E-state index in [-0.39, 0.29) is 37.7 Å². The fraction of sp³-hybridized carbons (Fsp3) is 0.944. The average Bonchev–Trinajstić information content (AvgIpc) is 2.50. The summed E-state index contributed by atoms with van der Waals surface area (Å²) in [6.07, 6.45) is 20.0. The molecule has 0 fully saturated rings. The van der Waals surface area contributed by atoms with Crippen LogP contribution >= 0.6 is 0 Å². The maximum atomic E-state index is 10.7. The summed E-state index contributed by atoms with van der Waals surface area (Å²) in [4.78, 5) is 14.3. The van der Waals surface area contributed by atoms with Crippen LogP contribution in [0.2, 0.25) is 0 Å². The second-order valence-electron chi connectivity index (χ2n) is 6.16. The van der Waals surface area contributed by atoms with Gasteiger partial charge in [0.15, 0.2) is 0 Å². The Hall–Kier alpha value is 0.690. The molecule has 0 heterocycles. The molecule has 0 aromatic rings. The third-order valence-corrected chi connectivity index (χ3v) is 4.09. The van der Waals surface area contributed by atoms with Crippen molar-refractivity contribution in [1.29, 1.82) is 0 Å². The predicted molar refractivity (Wildman–Crippen MR) is 94.0 cm³/mol. The molecule has 22 heavy (non-hydrogen) atoms. The molecule has 0 unspecified atom stereocenters. The smallest absolute Gasteiger partial charge is 0.301 e. The maximum absolute atomic E-state index is 10.7. The number of hydrogen-bond donors (Lipinski definition) is 1. The summed E-state index contributed by atoms with van der Waals surface area (Å²) >= 11 is 0. The van der Waals surface area contributed by atoms with Gasteiger partial charge in [0.2, 0.25) is 0 Å². The summed E-state index contributed by atoms with van der Waals surface area (Å²) in [5.74, 6) is -0.510. The molecule has 0 atom stereocenters. The molecule has 2 radical (unpaired) electrons. The molecule has 0 aromatic carbocycles. The van der Waals surface area contributed by atoms with Gasteiger partial charge in [-0.25, -0.2) is 4.79 Å². The van der Waals surface area contributed by atoms with Crippen LogP contribution in [0.1, 0.15) is 110 Å². The fourth-order valence-corrected chi connectivity index (χ4v) is 2.69. The molecule has 0 spiro atoms. The van der Waals surface area contributed by atoms with Crippen LogP contribution in [0.25, 0.3) is 0 Å². The normalized spacial score (nSPS) is 10.3. The largest absolute Gasteiger partial charge is 0.342 e. The zero-order valence-electron chi connectivity index (χ0n) is 14.8. The number of rotatable bonds is 16. The summed E-state index contributed by atoms with van der Waals surface area (Å²) in [6.45, 7) is 2.27. The maximum Gasteiger partial charge on any atom is 0.342 e. The monoisotopic (exact) mass is 340 g/mol. The quantitative estimate of drug-likeness (QED) is 0.165. The molecule has 0 amide bonds. The molecule has 0 bridgehead atoms. The van der Waals surface area contributed by atoms with Crippen molar-refractivity contribution in [2.45, 2.75) is 110 Å². The van der Waals surface area contributed by atoms with Crippen LogP contribution in [0, 0.1) is 0 Å². The van der Waals surface area contributed by atoms with Gasteiger partial charge in [0.1, 0.15) is 0 Å². The fourth-order valence-electron chi connectivity index (χ4n) is 2.69. The third kappa shape index (κ3) is 20.7. The van der Waals surface area contributed by atoms with Crippen molar-refractivity contribution in [2.75, 3.05) is 0 Å². The van der Waals surface area contributed by atoms with E-state index in [4.69, 9.17) is 5.26 Å². The molecule has 4 heteroatoms. The van der Waals surface area contributed by atoms with E-state index in [0.29, 0.717) is 6.42 Å². The number of unbranched alkanes of at least 4 members (excludes halogenated alkanes) is 14. The number of carbonyl (C=O) groups is 1. The summed E-state index contributed by atoms with van der Waals surface area (Å²) in [7, 11) is 0. The van der Waals surface area contributed by atoms with E-state index in [1.54, 1.807) is 0 Å². The molecule has 0 aromatic heterocycles. The van der Waals surface area contributed by atoms with E-state index < -0.39 is 5.97 Å². The first-order chi connectivity index (χ1) is 10.3. The molecule has 0 aliphatic rings. The van der Waals surface area contributed by atoms with Crippen molar-refractivity contribution in [3.63, 3.8) is 0 Å². The van der Waals surface area contributed by atoms with Gasteiger partial charge in [-0.15, -0.1) is 0 Å². The van der Waals surface area contributed by atoms with E-state index in [0.717, 1.165) is 12.8 Å². The van der Waals surface area contributed by atoms with Crippen LogP contribution in [0.4, 0.5) is 0 Å². The van der Waals surface area contributed by atoms with Crippen LogP contribution in [0.5, 0.6) is 0 Å². The first-order valence-corrected chi connectivity index (χ1v) is 9.15. The average molecular weight is 341 g/mol. The standard InChI is InChI=1S/C18H36O3.Ca/c1-2-3-4-5-6-7-8-9-10-11-12-13-14-15-16-17-18(19)21-20;/h20H,2-17H2,1H3;. The minimum atomic E-state index is -0.510. The third-order valence-electron chi connectivity index (χ3n) is 4.09. The topological polar surface area (TPSA) is 46.5 Å². The van der Waals surface area contributed by atoms with Gasteiger partial charge >= 0.3 is 5.97 Å². The molecule has 0 saturated carbocycles. The van der Waals surface area contributed by atoms with Crippen LogP contribution in [0.3, 0.4) is 0 Å². The Morgan fingerprint density at radius 3 is 1.32 bits per heavy atom. The van der Waals surface area contributed by atoms with E-state index >= 15 is 0 Å². The molecule has 0 aliphatic carbocycles. The zero-order valence-corrected chi connectivity index (χ0v) is 17.0. The van der Waals surface area contributed by atoms with E-state index in [1.807, 2.05) is 0 Å². The SMILES string of the molecule is CCCCCCCCCCCCCCCCCC(=O)OO.[Ca]. The Bertz CT molecular complexity index is 222. The minimum absolute atomic E-state index is 0. The Balaban J connectivity index is 0. The van der Waals surface area contributed by atoms with Crippen molar-refractivity contribution in [2.24, 2.45) is 0 Å². The van der Waals surface area contributed by atoms with Crippen molar-refractivity contribution in [3.8, 4) is 0 Å². The molecule has 128 valence electrons. The van der Waals surface area contributed by atoms with Gasteiger partial charge in [-0.2, -0.15) is 5.26 Å². The van der Waals surface area contributed by atoms with E-state index in [2.05, 4.69) is 11.8 Å². The van der Waals surface area contributed by atoms with Gasteiger partial charge in [0.25, 0.3) is 0 Å². The molecular weight excluding hydrogens is 304 g/mol. The van der Waals surface area contributed by atoms with E-state index in [9.17, 15) is 4.79 Å². The summed E-state index contributed by atoms with van der Waals surface area (Å²) in [5.41, 5.74) is 0. The summed E-state index contributed by atoms with van der Waals surface area (Å²) < 4.78 is 0. The van der Waals surface area contributed by atoms with Gasteiger partial charge < -0.3 is 4.89 Å². The number of carbonyl (C=O) groups excluding carboxylic acids is 1. The van der Waals surface area contributed by atoms with Gasteiger partial charge in [0.05, 0.1) is 0 Å². The Morgan fingerprint density at radius 1 is 0.682 bits per heavy atom. The zero-order chi connectivity index (χ0) is 15.6. The molecule has 1 N–H and O–H groups in total. The molecule has 0 rings (SSSR count). The van der Waals surface area contributed by atoms with E-state index in [1.165, 1.54) is 83.5 Å². The summed E-state index contributed by atoms with van der Waals surface area (Å²) in [6, 6.07) is 0. The van der Waals surface area contributed by atoms with Gasteiger partial charge in [-0.3, -0.25) is 0 Å². The molecule has 3 nitrogen and oxygen atoms in total.